The third-order valence-electron chi connectivity index (χ3n) is 3.83. The molecular weight excluding hydrogens is 254 g/mol. The van der Waals surface area contributed by atoms with Gasteiger partial charge in [0.25, 0.3) is 0 Å². The first-order valence-electron chi connectivity index (χ1n) is 7.21. The minimum Gasteiger partial charge on any atom is -0.492 e. The molecule has 1 aliphatic carbocycles. The maximum atomic E-state index is 11.6. The predicted octanol–water partition coefficient (Wildman–Crippen LogP) is 0.487. The lowest BCUT2D eigenvalue weighted by molar-refractivity contribution is -0.120. The quantitative estimate of drug-likeness (QED) is 0.820. The number of carbonyl (C=O) groups is 1. The Hall–Kier alpha value is -1.59. The van der Waals surface area contributed by atoms with Crippen LogP contribution in [0, 0.1) is 0 Å². The second kappa shape index (κ2) is 5.81. The number of para-hydroxylation sites is 1. The number of nitrogens with two attached hydrogens (primary N) is 1. The molecule has 3 N–H and O–H groups in total. The van der Waals surface area contributed by atoms with E-state index in [1.54, 1.807) is 0 Å². The molecule has 0 saturated heterocycles. The molecule has 1 amide bonds. The number of nitrogens with one attached hydrogen (secondary N) is 1. The van der Waals surface area contributed by atoms with E-state index >= 15 is 0 Å². The molecule has 0 bridgehead atoms. The number of nitrogens with zero attached hydrogens (tertiary/aromatic N) is 1. The lowest BCUT2D eigenvalue weighted by atomic mass is 10.1. The van der Waals surface area contributed by atoms with Gasteiger partial charge in [-0.15, -0.1) is 0 Å². The Morgan fingerprint density at radius 1 is 1.45 bits per heavy atom. The van der Waals surface area contributed by atoms with Crippen molar-refractivity contribution in [3.8, 4) is 5.75 Å². The van der Waals surface area contributed by atoms with Crippen LogP contribution >= 0.6 is 0 Å². The summed E-state index contributed by atoms with van der Waals surface area (Å²) in [6, 6.07) is 8.26. The highest BCUT2D eigenvalue weighted by Crippen LogP contribution is 2.23. The van der Waals surface area contributed by atoms with Gasteiger partial charge in [0.15, 0.2) is 0 Å². The molecule has 1 fully saturated rings. The fourth-order valence-electron chi connectivity index (χ4n) is 2.55. The number of benzene rings is 1. The number of hydrogen-bond acceptors (Lipinski definition) is 4. The van der Waals surface area contributed by atoms with Crippen LogP contribution < -0.4 is 15.8 Å². The van der Waals surface area contributed by atoms with Gasteiger partial charge in [0.1, 0.15) is 12.4 Å². The summed E-state index contributed by atoms with van der Waals surface area (Å²) in [7, 11) is 0. The first kappa shape index (κ1) is 13.4. The fourth-order valence-corrected chi connectivity index (χ4v) is 2.55. The minimum absolute atomic E-state index is 0.268. The second-order valence-electron chi connectivity index (χ2n) is 5.59. The number of rotatable bonds is 5. The molecule has 1 aromatic carbocycles. The van der Waals surface area contributed by atoms with E-state index in [-0.39, 0.29) is 11.9 Å². The van der Waals surface area contributed by atoms with Gasteiger partial charge < -0.3 is 15.8 Å². The van der Waals surface area contributed by atoms with Crippen molar-refractivity contribution in [2.24, 2.45) is 5.73 Å². The topological polar surface area (TPSA) is 67.6 Å². The summed E-state index contributed by atoms with van der Waals surface area (Å²) in [5, 5.41) is 3.33. The summed E-state index contributed by atoms with van der Waals surface area (Å²) in [6.07, 6.45) is 2.30. The van der Waals surface area contributed by atoms with Crippen LogP contribution in [0.25, 0.3) is 0 Å². The van der Waals surface area contributed by atoms with Crippen LogP contribution in [0.1, 0.15) is 18.4 Å². The zero-order valence-corrected chi connectivity index (χ0v) is 11.5. The van der Waals surface area contributed by atoms with E-state index in [0.717, 1.165) is 31.7 Å². The normalized spacial score (nSPS) is 20.6. The Kier molecular flexibility index (Phi) is 3.89. The first-order chi connectivity index (χ1) is 9.72. The van der Waals surface area contributed by atoms with E-state index in [2.05, 4.69) is 16.3 Å². The summed E-state index contributed by atoms with van der Waals surface area (Å²) in [5.74, 6) is 0.677. The molecule has 1 unspecified atom stereocenters. The van der Waals surface area contributed by atoms with E-state index in [1.165, 1.54) is 5.56 Å². The average molecular weight is 275 g/mol. The van der Waals surface area contributed by atoms with E-state index in [4.69, 9.17) is 10.5 Å². The third-order valence-corrected chi connectivity index (χ3v) is 3.83. The van der Waals surface area contributed by atoms with Crippen molar-refractivity contribution in [2.75, 3.05) is 19.7 Å². The first-order valence-corrected chi connectivity index (χ1v) is 7.21. The monoisotopic (exact) mass is 275 g/mol. The lowest BCUT2D eigenvalue weighted by Crippen LogP contribution is -2.50. The van der Waals surface area contributed by atoms with Gasteiger partial charge in [0.2, 0.25) is 5.91 Å². The van der Waals surface area contributed by atoms with Crippen molar-refractivity contribution in [3.63, 3.8) is 0 Å². The van der Waals surface area contributed by atoms with Crippen LogP contribution in [0.2, 0.25) is 0 Å². The highest BCUT2D eigenvalue weighted by atomic mass is 16.5. The molecule has 1 aliphatic heterocycles. The number of amides is 1. The molecule has 3 rings (SSSR count). The highest BCUT2D eigenvalue weighted by molar-refractivity contribution is 5.80. The molecule has 108 valence electrons. The van der Waals surface area contributed by atoms with Crippen molar-refractivity contribution in [2.45, 2.75) is 31.5 Å². The van der Waals surface area contributed by atoms with E-state index < -0.39 is 0 Å². The van der Waals surface area contributed by atoms with E-state index in [0.29, 0.717) is 19.2 Å². The summed E-state index contributed by atoms with van der Waals surface area (Å²) in [5.41, 5.74) is 6.67. The molecule has 5 heteroatoms. The third kappa shape index (κ3) is 3.29. The molecule has 0 aromatic heterocycles. The molecule has 1 heterocycles. The summed E-state index contributed by atoms with van der Waals surface area (Å²) < 4.78 is 5.74. The Morgan fingerprint density at radius 3 is 3.00 bits per heavy atom. The van der Waals surface area contributed by atoms with Gasteiger partial charge in [-0.2, -0.15) is 0 Å². The van der Waals surface area contributed by atoms with Gasteiger partial charge in [0.05, 0.1) is 6.04 Å². The zero-order valence-electron chi connectivity index (χ0n) is 11.5. The maximum absolute atomic E-state index is 11.6. The van der Waals surface area contributed by atoms with Crippen LogP contribution in [-0.2, 0) is 11.3 Å². The van der Waals surface area contributed by atoms with Crippen LogP contribution in [0.5, 0.6) is 5.75 Å². The van der Waals surface area contributed by atoms with Crippen molar-refractivity contribution >= 4 is 5.91 Å². The van der Waals surface area contributed by atoms with E-state index in [1.807, 2.05) is 18.2 Å². The van der Waals surface area contributed by atoms with Crippen LogP contribution in [-0.4, -0.2) is 42.6 Å². The average Bonchev–Trinajstić information content (AvgIpc) is 3.24. The number of primary amides is 1. The maximum Gasteiger partial charge on any atom is 0.235 e. The molecule has 2 aliphatic rings. The fraction of sp³-hybridized carbons (Fsp3) is 0.533. The number of ether oxygens (including phenoxy) is 1. The summed E-state index contributed by atoms with van der Waals surface area (Å²) in [4.78, 5) is 13.8. The molecule has 0 radical (unpaired) electrons. The van der Waals surface area contributed by atoms with Crippen molar-refractivity contribution in [1.29, 1.82) is 0 Å². The van der Waals surface area contributed by atoms with Crippen LogP contribution in [0.3, 0.4) is 0 Å². The molecule has 1 atom stereocenters. The molecule has 1 aromatic rings. The molecule has 20 heavy (non-hydrogen) atoms. The zero-order chi connectivity index (χ0) is 13.9. The van der Waals surface area contributed by atoms with Gasteiger partial charge in [0, 0.05) is 31.2 Å². The van der Waals surface area contributed by atoms with Gasteiger partial charge >= 0.3 is 0 Å². The minimum atomic E-state index is -0.271. The van der Waals surface area contributed by atoms with E-state index in [9.17, 15) is 4.79 Å². The second-order valence-corrected chi connectivity index (χ2v) is 5.59. The predicted molar refractivity (Wildman–Crippen MR) is 76.4 cm³/mol. The lowest BCUT2D eigenvalue weighted by Gasteiger charge is -2.24. The number of carbonyl (C=O) groups excluding carboxylic acids is 1. The summed E-state index contributed by atoms with van der Waals surface area (Å²) in [6.45, 7) is 2.90. The molecule has 5 nitrogen and oxygen atoms in total. The molecule has 0 spiro atoms. The standard InChI is InChI=1S/C15H21N3O2/c16-15(19)13(17-12-5-6-12)10-18-7-8-20-14-4-2-1-3-11(14)9-18/h1-4,12-13,17H,5-10H2,(H2,16,19). The van der Waals surface area contributed by atoms with Crippen molar-refractivity contribution in [3.05, 3.63) is 29.8 Å². The van der Waals surface area contributed by atoms with Crippen LogP contribution in [0.15, 0.2) is 24.3 Å². The SMILES string of the molecule is NC(=O)C(CN1CCOc2ccccc2C1)NC1CC1. The van der Waals surface area contributed by atoms with Crippen molar-refractivity contribution in [1.82, 2.24) is 10.2 Å². The number of hydrogen-bond donors (Lipinski definition) is 2. The summed E-state index contributed by atoms with van der Waals surface area (Å²) >= 11 is 0. The van der Waals surface area contributed by atoms with Gasteiger partial charge in [-0.3, -0.25) is 9.69 Å². The Bertz CT molecular complexity index is 488. The Morgan fingerprint density at radius 2 is 2.25 bits per heavy atom. The van der Waals surface area contributed by atoms with Gasteiger partial charge in [-0.1, -0.05) is 18.2 Å². The smallest absolute Gasteiger partial charge is 0.235 e. The van der Waals surface area contributed by atoms with Crippen LogP contribution in [0.4, 0.5) is 0 Å². The van der Waals surface area contributed by atoms with Gasteiger partial charge in [-0.25, -0.2) is 0 Å². The number of fused-ring (bicyclic) bond motifs is 1. The Labute approximate surface area is 119 Å². The molecule has 1 saturated carbocycles. The molecular formula is C15H21N3O2. The Balaban J connectivity index is 1.65. The van der Waals surface area contributed by atoms with Crippen molar-refractivity contribution < 1.29 is 9.53 Å². The highest BCUT2D eigenvalue weighted by Gasteiger charge is 2.29. The largest absolute Gasteiger partial charge is 0.492 e. The van der Waals surface area contributed by atoms with Gasteiger partial charge in [-0.05, 0) is 18.9 Å².